The van der Waals surface area contributed by atoms with Gasteiger partial charge in [0.1, 0.15) is 5.60 Å². The fraction of sp³-hybridized carbons (Fsp3) is 0.778. The molecule has 0 aliphatic carbocycles. The molecule has 1 aromatic rings. The summed E-state index contributed by atoms with van der Waals surface area (Å²) in [5.74, 6) is 2.52. The summed E-state index contributed by atoms with van der Waals surface area (Å²) in [6, 6.07) is 0.199. The summed E-state index contributed by atoms with van der Waals surface area (Å²) in [5.41, 5.74) is -0.475. The summed E-state index contributed by atoms with van der Waals surface area (Å²) >= 11 is 0. The van der Waals surface area contributed by atoms with Crippen molar-refractivity contribution < 1.29 is 14.1 Å². The van der Waals surface area contributed by atoms with Gasteiger partial charge in [0.25, 0.3) is 0 Å². The molecule has 0 saturated carbocycles. The van der Waals surface area contributed by atoms with Crippen LogP contribution >= 0.6 is 0 Å². The van der Waals surface area contributed by atoms with Crippen LogP contribution in [0.4, 0.5) is 4.79 Å². The molecule has 9 nitrogen and oxygen atoms in total. The van der Waals surface area contributed by atoms with Crippen LogP contribution in [0.1, 0.15) is 52.3 Å². The van der Waals surface area contributed by atoms with Crippen LogP contribution in [0.25, 0.3) is 0 Å². The predicted molar refractivity (Wildman–Crippen MR) is 101 cm³/mol. The molecule has 1 amide bonds. The fourth-order valence-electron chi connectivity index (χ4n) is 3.11. The van der Waals surface area contributed by atoms with Crippen LogP contribution in [-0.2, 0) is 11.2 Å². The van der Waals surface area contributed by atoms with Gasteiger partial charge in [-0.15, -0.1) is 0 Å². The Morgan fingerprint density at radius 3 is 2.81 bits per heavy atom. The fourth-order valence-corrected chi connectivity index (χ4v) is 3.11. The lowest BCUT2D eigenvalue weighted by Crippen LogP contribution is -2.57. The van der Waals surface area contributed by atoms with Gasteiger partial charge in [0.15, 0.2) is 11.8 Å². The van der Waals surface area contributed by atoms with E-state index in [2.05, 4.69) is 25.3 Å². The highest BCUT2D eigenvalue weighted by Crippen LogP contribution is 2.18. The summed E-state index contributed by atoms with van der Waals surface area (Å²) < 4.78 is 10.7. The molecule has 2 aliphatic heterocycles. The quantitative estimate of drug-likeness (QED) is 0.850. The molecule has 1 N–H and O–H groups in total. The number of carbonyl (C=O) groups excluding carboxylic acids is 1. The van der Waals surface area contributed by atoms with Crippen molar-refractivity contribution in [3.63, 3.8) is 0 Å². The maximum absolute atomic E-state index is 12.3. The highest BCUT2D eigenvalue weighted by molar-refractivity contribution is 5.82. The number of rotatable bonds is 4. The normalized spacial score (nSPS) is 19.9. The Bertz CT molecular complexity index is 694. The standard InChI is InChI=1S/C18H30N6O3/c1-12(2)15-21-14(27-22-15)6-7-19-16-20-10-13-11-23(8-9-24(13)16)17(25)26-18(3,4)5/h12-13H,6-11H2,1-5H3,(H,19,20). The molecule has 3 heterocycles. The molecule has 1 unspecified atom stereocenters. The maximum atomic E-state index is 12.3. The molecule has 1 saturated heterocycles. The third-order valence-corrected chi connectivity index (χ3v) is 4.48. The molecule has 0 spiro atoms. The van der Waals surface area contributed by atoms with Gasteiger partial charge in [-0.25, -0.2) is 4.79 Å². The van der Waals surface area contributed by atoms with Gasteiger partial charge in [0.2, 0.25) is 5.89 Å². The van der Waals surface area contributed by atoms with Crippen molar-refractivity contribution in [3.8, 4) is 0 Å². The summed E-state index contributed by atoms with van der Waals surface area (Å²) in [7, 11) is 0. The molecule has 1 aromatic heterocycles. The number of hydrogen-bond donors (Lipinski definition) is 1. The number of aliphatic imine (C=N–C) groups is 1. The van der Waals surface area contributed by atoms with Crippen molar-refractivity contribution in [1.29, 1.82) is 0 Å². The first kappa shape index (κ1) is 19.4. The molecule has 9 heteroatoms. The summed E-state index contributed by atoms with van der Waals surface area (Å²) in [6.07, 6.45) is 0.405. The van der Waals surface area contributed by atoms with Gasteiger partial charge in [-0.1, -0.05) is 19.0 Å². The first-order valence-corrected chi connectivity index (χ1v) is 9.58. The number of fused-ring (bicyclic) bond motifs is 1. The summed E-state index contributed by atoms with van der Waals surface area (Å²) in [4.78, 5) is 25.3. The highest BCUT2D eigenvalue weighted by Gasteiger charge is 2.36. The van der Waals surface area contributed by atoms with Crippen molar-refractivity contribution >= 4 is 12.1 Å². The third kappa shape index (κ3) is 4.90. The number of piperazine rings is 1. The molecule has 0 bridgehead atoms. The average molecular weight is 378 g/mol. The minimum atomic E-state index is -0.475. The van der Waals surface area contributed by atoms with E-state index in [1.54, 1.807) is 4.90 Å². The molecule has 0 aromatic carbocycles. The Balaban J connectivity index is 1.45. The van der Waals surface area contributed by atoms with Crippen LogP contribution in [0, 0.1) is 0 Å². The number of hydrogen-bond acceptors (Lipinski definition) is 8. The summed E-state index contributed by atoms with van der Waals surface area (Å²) in [5, 5.41) is 7.34. The minimum Gasteiger partial charge on any atom is -0.444 e. The Hall–Kier alpha value is -2.32. The van der Waals surface area contributed by atoms with E-state index in [0.717, 1.165) is 18.3 Å². The molecule has 0 radical (unpaired) electrons. The monoisotopic (exact) mass is 378 g/mol. The molecule has 150 valence electrons. The zero-order chi connectivity index (χ0) is 19.6. The Morgan fingerprint density at radius 2 is 2.15 bits per heavy atom. The number of ether oxygens (including phenoxy) is 1. The van der Waals surface area contributed by atoms with Crippen LogP contribution in [0.5, 0.6) is 0 Å². The number of nitrogens with zero attached hydrogens (tertiary/aromatic N) is 5. The van der Waals surface area contributed by atoms with Crippen molar-refractivity contribution in [3.05, 3.63) is 11.7 Å². The first-order valence-electron chi connectivity index (χ1n) is 9.58. The van der Waals surface area contributed by atoms with Crippen LogP contribution < -0.4 is 5.32 Å². The van der Waals surface area contributed by atoms with E-state index in [-0.39, 0.29) is 18.1 Å². The highest BCUT2D eigenvalue weighted by atomic mass is 16.6. The van der Waals surface area contributed by atoms with E-state index >= 15 is 0 Å². The zero-order valence-corrected chi connectivity index (χ0v) is 16.9. The van der Waals surface area contributed by atoms with Gasteiger partial charge >= 0.3 is 6.09 Å². The van der Waals surface area contributed by atoms with Gasteiger partial charge in [0.05, 0.1) is 12.6 Å². The van der Waals surface area contributed by atoms with Crippen molar-refractivity contribution in [1.82, 2.24) is 25.3 Å². The second-order valence-electron chi connectivity index (χ2n) is 8.32. The number of aromatic nitrogens is 2. The minimum absolute atomic E-state index is 0.199. The van der Waals surface area contributed by atoms with E-state index < -0.39 is 5.60 Å². The van der Waals surface area contributed by atoms with Gasteiger partial charge in [-0.2, -0.15) is 4.98 Å². The van der Waals surface area contributed by atoms with Gasteiger partial charge in [-0.3, -0.25) is 4.99 Å². The Kier molecular flexibility index (Phi) is 5.57. The van der Waals surface area contributed by atoms with Crippen molar-refractivity contribution in [2.24, 2.45) is 4.99 Å². The van der Waals surface area contributed by atoms with E-state index in [9.17, 15) is 4.79 Å². The molecule has 1 fully saturated rings. The van der Waals surface area contributed by atoms with Crippen molar-refractivity contribution in [2.45, 2.75) is 58.6 Å². The number of guanidine groups is 1. The smallest absolute Gasteiger partial charge is 0.410 e. The zero-order valence-electron chi connectivity index (χ0n) is 16.9. The van der Waals surface area contributed by atoms with E-state index in [0.29, 0.717) is 38.5 Å². The molecule has 2 aliphatic rings. The van der Waals surface area contributed by atoms with Gasteiger partial charge in [0, 0.05) is 38.5 Å². The van der Waals surface area contributed by atoms with Crippen LogP contribution in [-0.4, -0.2) is 76.4 Å². The van der Waals surface area contributed by atoms with E-state index in [1.807, 2.05) is 34.6 Å². The van der Waals surface area contributed by atoms with Gasteiger partial charge < -0.3 is 24.4 Å². The van der Waals surface area contributed by atoms with E-state index in [1.165, 1.54) is 0 Å². The molecule has 1 atom stereocenters. The molecule has 27 heavy (non-hydrogen) atoms. The molecular weight excluding hydrogens is 348 g/mol. The van der Waals surface area contributed by atoms with Gasteiger partial charge in [-0.05, 0) is 20.8 Å². The number of carbonyl (C=O) groups is 1. The van der Waals surface area contributed by atoms with Crippen LogP contribution in [0.15, 0.2) is 9.52 Å². The lowest BCUT2D eigenvalue weighted by molar-refractivity contribution is 0.0137. The lowest BCUT2D eigenvalue weighted by Gasteiger charge is -2.39. The Morgan fingerprint density at radius 1 is 1.37 bits per heavy atom. The largest absolute Gasteiger partial charge is 0.444 e. The third-order valence-electron chi connectivity index (χ3n) is 4.48. The number of nitrogens with one attached hydrogen (secondary N) is 1. The topological polar surface area (TPSA) is 96.1 Å². The Labute approximate surface area is 160 Å². The first-order chi connectivity index (χ1) is 12.7. The molecule has 3 rings (SSSR count). The SMILES string of the molecule is CC(C)c1noc(CCNC2=NCC3CN(C(=O)OC(C)(C)C)CCN23)n1. The van der Waals surface area contributed by atoms with E-state index in [4.69, 9.17) is 9.26 Å². The summed E-state index contributed by atoms with van der Waals surface area (Å²) in [6.45, 7) is 13.1. The second-order valence-corrected chi connectivity index (χ2v) is 8.32. The maximum Gasteiger partial charge on any atom is 0.410 e. The van der Waals surface area contributed by atoms with Crippen molar-refractivity contribution in [2.75, 3.05) is 32.7 Å². The average Bonchev–Trinajstić information content (AvgIpc) is 3.20. The molecular formula is C18H30N6O3. The predicted octanol–water partition coefficient (Wildman–Crippen LogP) is 1.62. The van der Waals surface area contributed by atoms with Crippen LogP contribution in [0.3, 0.4) is 0 Å². The number of amides is 1. The van der Waals surface area contributed by atoms with Crippen LogP contribution in [0.2, 0.25) is 0 Å². The lowest BCUT2D eigenvalue weighted by atomic mass is 10.2. The second kappa shape index (κ2) is 7.74.